The Morgan fingerprint density at radius 3 is 0.595 bits per heavy atom. The van der Waals surface area contributed by atoms with Crippen molar-refractivity contribution in [3.63, 3.8) is 0 Å². The monoisotopic (exact) mass is 1110 g/mol. The predicted molar refractivity (Wildman–Crippen MR) is 328 cm³/mol. The van der Waals surface area contributed by atoms with Crippen LogP contribution in [-0.2, 0) is 9.47 Å². The van der Waals surface area contributed by atoms with Gasteiger partial charge in [0.15, 0.2) is 9.54 Å². The average Bonchev–Trinajstić information content (AvgIpc) is 4.21. The number of nitrogens with zero attached hydrogens (tertiary/aromatic N) is 4. The van der Waals surface area contributed by atoms with Crippen LogP contribution in [-0.4, -0.2) is 44.7 Å². The molecule has 6 nitrogen and oxygen atoms in total. The Hall–Kier alpha value is -2.94. The fourth-order valence-corrected chi connectivity index (χ4v) is 17.1. The van der Waals surface area contributed by atoms with Crippen LogP contribution in [0.1, 0.15) is 228 Å². The summed E-state index contributed by atoms with van der Waals surface area (Å²) in [5.74, 6) is 2.34. The molecule has 0 spiro atoms. The molecule has 0 bridgehead atoms. The minimum absolute atomic E-state index is 0.292. The highest BCUT2D eigenvalue weighted by atomic mass is 33.1. The lowest BCUT2D eigenvalue weighted by molar-refractivity contribution is 0.198. The van der Waals surface area contributed by atoms with Gasteiger partial charge in [0, 0.05) is 26.4 Å². The van der Waals surface area contributed by atoms with Gasteiger partial charge in [0.1, 0.15) is 20.1 Å². The number of para-hydroxylation sites is 4. The van der Waals surface area contributed by atoms with E-state index in [0.29, 0.717) is 47.3 Å². The third-order valence-electron chi connectivity index (χ3n) is 14.3. The van der Waals surface area contributed by atoms with Crippen molar-refractivity contribution in [2.24, 2.45) is 0 Å². The number of aromatic nitrogens is 4. The van der Waals surface area contributed by atoms with Gasteiger partial charge in [-0.2, -0.15) is 0 Å². The third-order valence-corrected chi connectivity index (χ3v) is 19.9. The largest absolute Gasteiger partial charge is 0.381 e. The molecule has 5 heterocycles. The van der Waals surface area contributed by atoms with E-state index in [9.17, 15) is 0 Å². The van der Waals surface area contributed by atoms with Crippen LogP contribution >= 0.6 is 67.6 Å². The smallest absolute Gasteiger partial charge is 0.191 e. The first-order valence-electron chi connectivity index (χ1n) is 27.4. The summed E-state index contributed by atoms with van der Waals surface area (Å²) < 4.78 is 21.3. The molecule has 0 radical (unpaired) electrons. The number of ether oxygens (including phenoxy) is 2. The molecule has 0 unspecified atom stereocenters. The highest BCUT2D eigenvalue weighted by Gasteiger charge is 2.35. The van der Waals surface area contributed by atoms with E-state index in [1.165, 1.54) is 92.9 Å². The van der Waals surface area contributed by atoms with E-state index in [1.807, 2.05) is 43.2 Å². The van der Waals surface area contributed by atoms with Crippen LogP contribution in [0, 0.1) is 9.54 Å². The maximum absolute atomic E-state index is 6.93. The number of hydrogen-bond acceptors (Lipinski definition) is 8. The lowest BCUT2D eigenvalue weighted by Gasteiger charge is -2.23. The minimum Gasteiger partial charge on any atom is -0.381 e. The van der Waals surface area contributed by atoms with Gasteiger partial charge in [-0.05, 0) is 185 Å². The lowest BCUT2D eigenvalue weighted by atomic mass is 9.92. The standard InChI is InChI=1S/C54H68N4S6.2C4H8O/c1-29(2)37-21-17-22-38(30(3)4)45(37)55-49-50(56(53(55)59)46-39(31(5)6)23-18-24-40(46)32(7)8)62-64-52-51(63-61-49)57(47-41(33(9)10)25-19-26-42(47)34(11)12)54(60)58(52)48-43(35(13)14)27-20-28-44(48)36(15)16;2*1-2-4-5-3-1/h17-36H,1-16H3;2*1-4H2. The van der Waals surface area contributed by atoms with Crippen LogP contribution < -0.4 is 0 Å². The molecule has 3 aliphatic heterocycles. The van der Waals surface area contributed by atoms with Gasteiger partial charge in [-0.15, -0.1) is 0 Å². The van der Waals surface area contributed by atoms with E-state index in [1.54, 1.807) is 0 Å². The van der Waals surface area contributed by atoms with Crippen LogP contribution in [0.15, 0.2) is 92.9 Å². The molecule has 2 fully saturated rings. The van der Waals surface area contributed by atoms with Crippen molar-refractivity contribution >= 4 is 67.6 Å². The van der Waals surface area contributed by atoms with Gasteiger partial charge >= 0.3 is 0 Å². The zero-order valence-corrected chi connectivity index (χ0v) is 52.2. The Balaban J connectivity index is 0.000000714. The molecule has 0 saturated carbocycles. The fourth-order valence-electron chi connectivity index (χ4n) is 10.3. The molecule has 0 aliphatic carbocycles. The van der Waals surface area contributed by atoms with E-state index in [2.05, 4.69) is 202 Å². The zero-order chi connectivity index (χ0) is 53.7. The summed E-state index contributed by atoms with van der Waals surface area (Å²) >= 11 is 13.9. The maximum atomic E-state index is 6.93. The quantitative estimate of drug-likeness (QED) is 0.0887. The van der Waals surface area contributed by atoms with E-state index in [4.69, 9.17) is 33.9 Å². The van der Waals surface area contributed by atoms with Crippen LogP contribution in [0.3, 0.4) is 0 Å². The molecular formula is C62H84N4O2S6. The van der Waals surface area contributed by atoms with Crippen molar-refractivity contribution in [3.05, 3.63) is 127 Å². The van der Waals surface area contributed by atoms with Crippen molar-refractivity contribution in [2.75, 3.05) is 26.4 Å². The van der Waals surface area contributed by atoms with Gasteiger partial charge in [-0.3, -0.25) is 18.3 Å². The van der Waals surface area contributed by atoms with Crippen molar-refractivity contribution in [1.29, 1.82) is 0 Å². The second-order valence-corrected chi connectivity index (χ2v) is 27.4. The maximum Gasteiger partial charge on any atom is 0.191 e. The molecule has 2 saturated heterocycles. The lowest BCUT2D eigenvalue weighted by Crippen LogP contribution is -2.11. The third kappa shape index (κ3) is 12.3. The van der Waals surface area contributed by atoms with Crippen molar-refractivity contribution < 1.29 is 9.47 Å². The van der Waals surface area contributed by atoms with Gasteiger partial charge in [0.05, 0.1) is 22.7 Å². The van der Waals surface area contributed by atoms with Gasteiger partial charge < -0.3 is 9.47 Å². The molecule has 74 heavy (non-hydrogen) atoms. The zero-order valence-electron chi connectivity index (χ0n) is 47.3. The molecule has 400 valence electrons. The van der Waals surface area contributed by atoms with Gasteiger partial charge in [-0.1, -0.05) is 184 Å². The first kappa shape index (κ1) is 58.7. The molecule has 0 atom stereocenters. The summed E-state index contributed by atoms with van der Waals surface area (Å²) in [4.78, 5) is 0. The molecule has 6 aromatic rings. The molecule has 9 rings (SSSR count). The number of fused-ring (bicyclic) bond motifs is 2. The summed E-state index contributed by atoms with van der Waals surface area (Å²) in [6.07, 6.45) is 5.11. The van der Waals surface area contributed by atoms with Crippen LogP contribution in [0.2, 0.25) is 0 Å². The number of hydrogen-bond donors (Lipinski definition) is 0. The molecular weight excluding hydrogens is 1030 g/mol. The summed E-state index contributed by atoms with van der Waals surface area (Å²) in [7, 11) is 7.36. The minimum atomic E-state index is 0.292. The normalized spacial score (nSPS) is 14.8. The molecule has 0 N–H and O–H groups in total. The Kier molecular flexibility index (Phi) is 20.7. The average molecular weight is 1110 g/mol. The highest BCUT2D eigenvalue weighted by molar-refractivity contribution is 8.79. The first-order chi connectivity index (χ1) is 35.3. The Morgan fingerprint density at radius 1 is 0.311 bits per heavy atom. The first-order valence-corrected chi connectivity index (χ1v) is 32.5. The van der Waals surface area contributed by atoms with Crippen LogP contribution in [0.25, 0.3) is 22.7 Å². The van der Waals surface area contributed by atoms with E-state index >= 15 is 0 Å². The van der Waals surface area contributed by atoms with Crippen LogP contribution in [0.5, 0.6) is 0 Å². The molecule has 4 aromatic carbocycles. The Morgan fingerprint density at radius 2 is 0.473 bits per heavy atom. The van der Waals surface area contributed by atoms with Crippen molar-refractivity contribution in [2.45, 2.75) is 204 Å². The highest BCUT2D eigenvalue weighted by Crippen LogP contribution is 2.58. The van der Waals surface area contributed by atoms with Crippen molar-refractivity contribution in [3.8, 4) is 22.7 Å². The Labute approximate surface area is 471 Å². The van der Waals surface area contributed by atoms with Gasteiger partial charge in [-0.25, -0.2) is 0 Å². The van der Waals surface area contributed by atoms with E-state index in [-0.39, 0.29) is 0 Å². The van der Waals surface area contributed by atoms with E-state index in [0.717, 1.165) is 56.1 Å². The molecule has 0 amide bonds. The fraction of sp³-hybridized carbons (Fsp3) is 0.516. The van der Waals surface area contributed by atoms with Crippen molar-refractivity contribution in [1.82, 2.24) is 18.3 Å². The molecule has 12 heteroatoms. The second-order valence-electron chi connectivity index (χ2n) is 22.5. The van der Waals surface area contributed by atoms with E-state index < -0.39 is 0 Å². The molecule has 3 aliphatic rings. The van der Waals surface area contributed by atoms with Gasteiger partial charge in [0.25, 0.3) is 0 Å². The SMILES string of the molecule is C1CCOC1.C1CCOC1.CC(C)c1cccc(C(C)C)c1-n1c2c(n(-c3c(C(C)C)cccc3C(C)C)c1=S)SSc1c(n(-c3c(C(C)C)cccc3C(C)C)c(=S)n1-c1c(C(C)C)cccc1C(C)C)SS2. The summed E-state index contributed by atoms with van der Waals surface area (Å²) in [6.45, 7) is 41.0. The topological polar surface area (TPSA) is 38.2 Å². The number of benzene rings is 4. The number of rotatable bonds is 12. The summed E-state index contributed by atoms with van der Waals surface area (Å²) in [5, 5.41) is 4.60. The van der Waals surface area contributed by atoms with Crippen LogP contribution in [0.4, 0.5) is 0 Å². The van der Waals surface area contributed by atoms with Gasteiger partial charge in [0.2, 0.25) is 0 Å². The summed E-state index contributed by atoms with van der Waals surface area (Å²) in [5.41, 5.74) is 15.3. The summed E-state index contributed by atoms with van der Waals surface area (Å²) in [6, 6.07) is 27.4. The number of imidazole rings is 2. The Bertz CT molecular complexity index is 2490. The second kappa shape index (κ2) is 26.1. The molecule has 2 aromatic heterocycles. The predicted octanol–water partition coefficient (Wildman–Crippen LogP) is 20.8.